The highest BCUT2D eigenvalue weighted by Crippen LogP contribution is 2.21. The van der Waals surface area contributed by atoms with Crippen LogP contribution in [-0.2, 0) is 4.74 Å². The van der Waals surface area contributed by atoms with Gasteiger partial charge in [0.15, 0.2) is 0 Å². The van der Waals surface area contributed by atoms with Crippen molar-refractivity contribution in [1.29, 1.82) is 0 Å². The molecule has 0 saturated carbocycles. The van der Waals surface area contributed by atoms with Crippen molar-refractivity contribution < 1.29 is 9.66 Å². The van der Waals surface area contributed by atoms with Gasteiger partial charge < -0.3 is 4.74 Å². The average Bonchev–Trinajstić information content (AvgIpc) is 2.47. The first-order valence-electron chi connectivity index (χ1n) is 7.15. The Morgan fingerprint density at radius 1 is 1.57 bits per heavy atom. The lowest BCUT2D eigenvalue weighted by atomic mass is 10.0. The Kier molecular flexibility index (Phi) is 6.66. The van der Waals surface area contributed by atoms with Gasteiger partial charge in [0.05, 0.1) is 10.5 Å². The molecule has 4 nitrogen and oxygen atoms in total. The molecule has 21 heavy (non-hydrogen) atoms. The van der Waals surface area contributed by atoms with E-state index in [1.54, 1.807) is 12.2 Å². The van der Waals surface area contributed by atoms with E-state index >= 15 is 0 Å². The van der Waals surface area contributed by atoms with Crippen molar-refractivity contribution in [3.63, 3.8) is 0 Å². The van der Waals surface area contributed by atoms with Gasteiger partial charge in [-0.15, -0.1) is 0 Å². The molecule has 0 saturated heterocycles. The summed E-state index contributed by atoms with van der Waals surface area (Å²) in [5.41, 5.74) is 1.97. The zero-order chi connectivity index (χ0) is 15.8. The van der Waals surface area contributed by atoms with Crippen LogP contribution in [0.3, 0.4) is 0 Å². The van der Waals surface area contributed by atoms with Crippen LogP contribution in [0.1, 0.15) is 33.6 Å². The predicted octanol–water partition coefficient (Wildman–Crippen LogP) is 4.56. The molecule has 0 unspecified atom stereocenters. The summed E-state index contributed by atoms with van der Waals surface area (Å²) in [5.74, 6) is 1.05. The number of hydrogen-bond donors (Lipinski definition) is 0. The number of hydrogen-bond acceptors (Lipinski definition) is 3. The van der Waals surface area contributed by atoms with E-state index in [1.807, 2.05) is 25.2 Å². The van der Waals surface area contributed by atoms with Crippen LogP contribution in [0.5, 0.6) is 0 Å². The summed E-state index contributed by atoms with van der Waals surface area (Å²) in [6.45, 7) is 10.1. The molecule has 4 heteroatoms. The first-order chi connectivity index (χ1) is 9.99. The first kappa shape index (κ1) is 17.0. The molecule has 0 aromatic rings. The van der Waals surface area contributed by atoms with Gasteiger partial charge in [-0.1, -0.05) is 38.7 Å². The zero-order valence-corrected chi connectivity index (χ0v) is 13.0. The molecule has 114 valence electrons. The number of rotatable bonds is 7. The quantitative estimate of drug-likeness (QED) is 0.299. The van der Waals surface area contributed by atoms with Gasteiger partial charge in [-0.25, -0.2) is 0 Å². The predicted molar refractivity (Wildman–Crippen MR) is 85.2 cm³/mol. The molecule has 1 aliphatic rings. The number of ether oxygens (including phenoxy) is 1. The molecule has 1 aliphatic carbocycles. The van der Waals surface area contributed by atoms with Gasteiger partial charge >= 0.3 is 0 Å². The maximum atomic E-state index is 11.0. The lowest BCUT2D eigenvalue weighted by Crippen LogP contribution is -2.09. The van der Waals surface area contributed by atoms with Crippen LogP contribution in [-0.4, -0.2) is 11.5 Å². The molecule has 0 aliphatic heterocycles. The minimum atomic E-state index is -0.309. The third kappa shape index (κ3) is 5.06. The molecule has 0 aromatic carbocycles. The Balaban J connectivity index is 2.83. The van der Waals surface area contributed by atoms with E-state index in [0.29, 0.717) is 30.1 Å². The Hall–Kier alpha value is -2.10. The molecule has 0 fully saturated rings. The van der Waals surface area contributed by atoms with Crippen molar-refractivity contribution in [2.75, 3.05) is 6.61 Å². The number of allylic oxidation sites excluding steroid dienone is 6. The first-order valence-corrected chi connectivity index (χ1v) is 7.15. The summed E-state index contributed by atoms with van der Waals surface area (Å²) >= 11 is 0. The molecular formula is C17H23NO3. The van der Waals surface area contributed by atoms with Crippen molar-refractivity contribution in [3.8, 4) is 0 Å². The lowest BCUT2D eigenvalue weighted by molar-refractivity contribution is -0.429. The third-order valence-electron chi connectivity index (χ3n) is 3.35. The standard InChI is InChI=1S/C17H23NO3/c1-5-14(13(3)4)11-16(6-2)21-12-15-9-7-8-10-17(15)18(19)20/h5-7,9,11,13H,1,8,10,12H2,2-4H3/b14-11+,16-6+. The summed E-state index contributed by atoms with van der Waals surface area (Å²) < 4.78 is 5.72. The van der Waals surface area contributed by atoms with Crippen LogP contribution < -0.4 is 0 Å². The van der Waals surface area contributed by atoms with Crippen molar-refractivity contribution in [2.45, 2.75) is 33.6 Å². The second kappa shape index (κ2) is 8.25. The molecule has 0 N–H and O–H groups in total. The second-order valence-electron chi connectivity index (χ2n) is 5.15. The van der Waals surface area contributed by atoms with E-state index in [0.717, 1.165) is 5.57 Å². The second-order valence-corrected chi connectivity index (χ2v) is 5.15. The highest BCUT2D eigenvalue weighted by atomic mass is 16.6. The summed E-state index contributed by atoms with van der Waals surface area (Å²) in [6.07, 6.45) is 10.5. The van der Waals surface area contributed by atoms with E-state index in [4.69, 9.17) is 4.74 Å². The highest BCUT2D eigenvalue weighted by Gasteiger charge is 2.19. The van der Waals surface area contributed by atoms with Crippen molar-refractivity contribution in [3.05, 3.63) is 69.7 Å². The minimum Gasteiger partial charge on any atom is -0.489 e. The average molecular weight is 289 g/mol. The van der Waals surface area contributed by atoms with Crippen molar-refractivity contribution >= 4 is 0 Å². The van der Waals surface area contributed by atoms with Gasteiger partial charge in [0.2, 0.25) is 0 Å². The molecule has 0 atom stereocenters. The van der Waals surface area contributed by atoms with Gasteiger partial charge in [-0.05, 0) is 37.0 Å². The van der Waals surface area contributed by atoms with E-state index in [2.05, 4.69) is 20.4 Å². The van der Waals surface area contributed by atoms with Gasteiger partial charge in [-0.2, -0.15) is 0 Å². The molecular weight excluding hydrogens is 266 g/mol. The Morgan fingerprint density at radius 2 is 2.29 bits per heavy atom. The monoisotopic (exact) mass is 289 g/mol. The largest absolute Gasteiger partial charge is 0.489 e. The van der Waals surface area contributed by atoms with E-state index in [-0.39, 0.29) is 17.2 Å². The van der Waals surface area contributed by atoms with Crippen molar-refractivity contribution in [2.24, 2.45) is 5.92 Å². The molecule has 0 radical (unpaired) electrons. The van der Waals surface area contributed by atoms with Crippen molar-refractivity contribution in [1.82, 2.24) is 0 Å². The van der Waals surface area contributed by atoms with Crippen LogP contribution in [0.4, 0.5) is 0 Å². The third-order valence-corrected chi connectivity index (χ3v) is 3.35. The van der Waals surface area contributed by atoms with Crippen LogP contribution in [0.2, 0.25) is 0 Å². The summed E-state index contributed by atoms with van der Waals surface area (Å²) in [4.78, 5) is 10.7. The van der Waals surface area contributed by atoms with Gasteiger partial charge in [0.25, 0.3) is 5.70 Å². The summed E-state index contributed by atoms with van der Waals surface area (Å²) in [6, 6.07) is 0. The smallest absolute Gasteiger partial charge is 0.253 e. The van der Waals surface area contributed by atoms with E-state index in [1.165, 1.54) is 0 Å². The molecule has 0 amide bonds. The molecule has 0 heterocycles. The van der Waals surface area contributed by atoms with Crippen LogP contribution in [0, 0.1) is 16.0 Å². The Morgan fingerprint density at radius 3 is 2.81 bits per heavy atom. The molecule has 0 spiro atoms. The van der Waals surface area contributed by atoms with Crippen LogP contribution >= 0.6 is 0 Å². The maximum absolute atomic E-state index is 11.0. The highest BCUT2D eigenvalue weighted by molar-refractivity contribution is 5.29. The fourth-order valence-corrected chi connectivity index (χ4v) is 2.04. The van der Waals surface area contributed by atoms with Gasteiger partial charge in [-0.3, -0.25) is 10.1 Å². The lowest BCUT2D eigenvalue weighted by Gasteiger charge is -2.13. The Labute approximate surface area is 126 Å². The number of nitro groups is 1. The SMILES string of the molecule is C=C/C(=C\C(=C/C)OCC1=C([N+](=O)[O-])CCC=C1)C(C)C. The number of nitrogens with zero attached hydrogens (tertiary/aromatic N) is 1. The molecule has 1 rings (SSSR count). The topological polar surface area (TPSA) is 52.4 Å². The van der Waals surface area contributed by atoms with Crippen LogP contribution in [0.15, 0.2) is 59.6 Å². The fourth-order valence-electron chi connectivity index (χ4n) is 2.04. The van der Waals surface area contributed by atoms with Gasteiger partial charge in [0.1, 0.15) is 12.4 Å². The fraction of sp³-hybridized carbons (Fsp3) is 0.412. The van der Waals surface area contributed by atoms with E-state index in [9.17, 15) is 10.1 Å². The van der Waals surface area contributed by atoms with E-state index < -0.39 is 0 Å². The Bertz CT molecular complexity index is 522. The minimum absolute atomic E-state index is 0.214. The summed E-state index contributed by atoms with van der Waals surface area (Å²) in [7, 11) is 0. The molecule has 0 aromatic heterocycles. The van der Waals surface area contributed by atoms with Crippen LogP contribution in [0.25, 0.3) is 0 Å². The summed E-state index contributed by atoms with van der Waals surface area (Å²) in [5, 5.41) is 11.0. The zero-order valence-electron chi connectivity index (χ0n) is 13.0. The maximum Gasteiger partial charge on any atom is 0.253 e. The van der Waals surface area contributed by atoms with Gasteiger partial charge in [0, 0.05) is 6.42 Å². The normalized spacial score (nSPS) is 16.4. The molecule has 0 bridgehead atoms.